The molecule has 88 heavy (non-hydrogen) atoms. The van der Waals surface area contributed by atoms with Gasteiger partial charge in [-0.1, -0.05) is 58.7 Å². The summed E-state index contributed by atoms with van der Waals surface area (Å²) < 4.78 is 131. The highest BCUT2D eigenvalue weighted by Crippen LogP contribution is 2.38. The number of hydrogen-bond donors (Lipinski definition) is 2. The molecule has 0 bridgehead atoms. The Labute approximate surface area is 511 Å². The molecule has 24 heteroatoms. The summed E-state index contributed by atoms with van der Waals surface area (Å²) in [6, 6.07) is 23.0. The smallest absolute Gasteiger partial charge is 0.378 e. The molecule has 1 amide bonds. The number of halogens is 3. The van der Waals surface area contributed by atoms with Crippen molar-refractivity contribution in [1.29, 1.82) is 0 Å². The number of ether oxygens (including phenoxy) is 1. The van der Waals surface area contributed by atoms with Gasteiger partial charge in [0.15, 0.2) is 34.6 Å². The van der Waals surface area contributed by atoms with E-state index < -0.39 is 64.5 Å². The maximum absolute atomic E-state index is 13.3. The number of sulfone groups is 3. The third-order valence-corrected chi connectivity index (χ3v) is 20.3. The first-order valence-corrected chi connectivity index (χ1v) is 32.6. The fourth-order valence-corrected chi connectivity index (χ4v) is 14.9. The zero-order valence-corrected chi connectivity index (χ0v) is 49.1. The molecule has 476 valence electrons. The van der Waals surface area contributed by atoms with E-state index in [2.05, 4.69) is 4.74 Å². The van der Waals surface area contributed by atoms with Crippen LogP contribution in [0.25, 0.3) is 5.76 Å². The first kappa shape index (κ1) is 70.9. The first-order valence-electron chi connectivity index (χ1n) is 27.2. The minimum Gasteiger partial charge on any atom is -0.504 e. The number of methoxy groups -OCH3 is 1. The molecule has 18 nitrogen and oxygen atoms in total. The summed E-state index contributed by atoms with van der Waals surface area (Å²) in [7, 11) is -6.53. The van der Waals surface area contributed by atoms with Gasteiger partial charge in [-0.15, -0.1) is 0 Å². The van der Waals surface area contributed by atoms with Crippen LogP contribution in [0, 0.1) is 17.5 Å². The normalized spacial score (nSPS) is 17.4. The van der Waals surface area contributed by atoms with E-state index >= 15 is 0 Å². The van der Waals surface area contributed by atoms with Crippen LogP contribution in [0.5, 0.6) is 0 Å². The number of amides is 1. The highest BCUT2D eigenvalue weighted by molar-refractivity contribution is 7.91. The lowest BCUT2D eigenvalue weighted by molar-refractivity contribution is -0.149. The molecule has 7 heterocycles. The van der Waals surface area contributed by atoms with Crippen molar-refractivity contribution >= 4 is 64.5 Å². The number of likely N-dealkylation sites (N-methyl/N-ethyl adjacent to an activating group) is 1. The van der Waals surface area contributed by atoms with Crippen LogP contribution in [0.2, 0.25) is 0 Å². The Morgan fingerprint density at radius 3 is 1.20 bits per heavy atom. The summed E-state index contributed by atoms with van der Waals surface area (Å²) in [5.41, 5.74) is 4.17. The van der Waals surface area contributed by atoms with Gasteiger partial charge in [0.2, 0.25) is 5.78 Å². The van der Waals surface area contributed by atoms with E-state index in [1.165, 1.54) is 55.3 Å². The van der Waals surface area contributed by atoms with E-state index in [4.69, 9.17) is 13.3 Å². The predicted molar refractivity (Wildman–Crippen MR) is 325 cm³/mol. The number of esters is 1. The molecule has 3 saturated heterocycles. The minimum atomic E-state index is -3.06. The SMILES string of the molecule is C.C.C.CC(=O)c1oc(C2CCS(=O)(=O)CC2)cc1Cc1ccc(F)cc1.CN1CC(C(=O)c2oc(C3CCS(=O)(=O)CC3)cc2Cc2ccc(F)cc2)=C(O)C1=O.COC(=O)C(=O)C=C(O)c1oc(C2CCS(=O)(=O)CC2)cc1Cc1ccc(F)cc1. The number of aliphatic hydroxyl groups excluding tert-OH is 2. The molecule has 2 N–H and O–H groups in total. The standard InChI is InChI=1S/C22H22FNO6S.C21H21FO7S.C18H19FO4S.3CH4/c1-24-12-17(20(26)22(24)27)19(25)21-15(10-13-2-4-16(23)5-3-13)11-18(30-21)14-6-8-31(28,29)9-7-14;1-28-21(25)18(24)12-17(23)20-15(10-13-2-4-16(22)5-3-13)11-19(29-20)14-6-8-30(26,27)9-7-14;1-12(20)18-15(10-13-2-4-16(19)5-3-13)11-17(23-18)14-6-8-24(21,22)9-7-14;;;/h2-5,11,14,26H,6-10,12H2,1H3;2-5,11-12,14,23H,6-10H2,1H3;2-5,11,14H,6-10H2,1H3;3*1H4. The number of rotatable bonds is 15. The zero-order chi connectivity index (χ0) is 61.5. The topological polar surface area (TPSA) is 280 Å². The Morgan fingerprint density at radius 1 is 0.568 bits per heavy atom. The Balaban J connectivity index is 0.000000238. The third kappa shape index (κ3) is 18.1. The van der Waals surface area contributed by atoms with E-state index in [9.17, 15) is 72.6 Å². The molecule has 0 aliphatic carbocycles. The Morgan fingerprint density at radius 2 is 0.886 bits per heavy atom. The van der Waals surface area contributed by atoms with Gasteiger partial charge in [0, 0.05) is 73.8 Å². The van der Waals surface area contributed by atoms with Crippen molar-refractivity contribution in [1.82, 2.24) is 4.90 Å². The lowest BCUT2D eigenvalue weighted by Gasteiger charge is -2.19. The van der Waals surface area contributed by atoms with E-state index in [1.807, 2.05) is 6.07 Å². The second-order valence-electron chi connectivity index (χ2n) is 21.5. The number of hydrogen-bond acceptors (Lipinski definition) is 17. The van der Waals surface area contributed by atoms with Crippen molar-refractivity contribution in [2.75, 3.05) is 55.2 Å². The van der Waals surface area contributed by atoms with Crippen LogP contribution in [0.4, 0.5) is 13.2 Å². The lowest BCUT2D eigenvalue weighted by Crippen LogP contribution is -2.22. The molecule has 3 aromatic carbocycles. The van der Waals surface area contributed by atoms with Gasteiger partial charge in [-0.3, -0.25) is 19.2 Å². The molecule has 0 radical (unpaired) electrons. The van der Waals surface area contributed by atoms with Gasteiger partial charge in [0.05, 0.1) is 53.7 Å². The second-order valence-corrected chi connectivity index (χ2v) is 28.4. The summed E-state index contributed by atoms with van der Waals surface area (Å²) in [5.74, 6) is -3.55. The van der Waals surface area contributed by atoms with Crippen LogP contribution >= 0.6 is 0 Å². The van der Waals surface area contributed by atoms with E-state index in [1.54, 1.807) is 48.5 Å². The molecule has 0 saturated carbocycles. The maximum Gasteiger partial charge on any atom is 0.378 e. The molecule has 3 aromatic heterocycles. The molecular formula is C64H74F3NO17S3. The number of carbonyl (C=O) groups is 5. The van der Waals surface area contributed by atoms with Crippen molar-refractivity contribution in [3.05, 3.63) is 194 Å². The summed E-state index contributed by atoms with van der Waals surface area (Å²) in [4.78, 5) is 61.3. The number of benzene rings is 3. The van der Waals surface area contributed by atoms with Gasteiger partial charge in [-0.05, 0) is 110 Å². The van der Waals surface area contributed by atoms with Crippen LogP contribution in [0.15, 0.2) is 122 Å². The second kappa shape index (κ2) is 29.9. The molecule has 0 atom stereocenters. The number of carbonyl (C=O) groups excluding carboxylic acids is 5. The Bertz CT molecular complexity index is 3870. The van der Waals surface area contributed by atoms with Gasteiger partial charge in [-0.25, -0.2) is 43.2 Å². The summed E-state index contributed by atoms with van der Waals surface area (Å²) >= 11 is 0. The predicted octanol–water partition coefficient (Wildman–Crippen LogP) is 11.1. The number of ketones is 3. The summed E-state index contributed by atoms with van der Waals surface area (Å²) in [6.07, 6.45) is 4.35. The molecule has 0 unspecified atom stereocenters. The van der Waals surface area contributed by atoms with Gasteiger partial charge < -0.3 is 33.1 Å². The van der Waals surface area contributed by atoms with Crippen molar-refractivity contribution in [2.45, 2.75) is 105 Å². The van der Waals surface area contributed by atoms with Crippen LogP contribution in [0.3, 0.4) is 0 Å². The van der Waals surface area contributed by atoms with Gasteiger partial charge in [0.25, 0.3) is 11.7 Å². The molecule has 10 rings (SSSR count). The highest BCUT2D eigenvalue weighted by Gasteiger charge is 2.37. The van der Waals surface area contributed by atoms with Gasteiger partial charge in [-0.2, -0.15) is 0 Å². The molecule has 6 aromatic rings. The van der Waals surface area contributed by atoms with Crippen LogP contribution in [-0.4, -0.2) is 125 Å². The largest absolute Gasteiger partial charge is 0.504 e. The Kier molecular flexibility index (Phi) is 24.1. The minimum absolute atomic E-state index is 0. The third-order valence-electron chi connectivity index (χ3n) is 15.2. The molecule has 3 fully saturated rings. The number of nitrogens with zero attached hydrogens (tertiary/aromatic N) is 1. The van der Waals surface area contributed by atoms with Crippen LogP contribution in [-0.2, 0) is 67.9 Å². The van der Waals surface area contributed by atoms with Crippen LogP contribution in [0.1, 0.15) is 163 Å². The maximum atomic E-state index is 13.3. The average molecular weight is 1280 g/mol. The van der Waals surface area contributed by atoms with E-state index in [-0.39, 0.29) is 134 Å². The average Bonchev–Trinajstić information content (AvgIpc) is 2.32. The fourth-order valence-electron chi connectivity index (χ4n) is 10.4. The molecule has 0 spiro atoms. The zero-order valence-electron chi connectivity index (χ0n) is 46.6. The molecule has 4 aliphatic heterocycles. The lowest BCUT2D eigenvalue weighted by atomic mass is 9.97. The van der Waals surface area contributed by atoms with E-state index in [0.717, 1.165) is 29.4 Å². The summed E-state index contributed by atoms with van der Waals surface area (Å²) in [6.45, 7) is 1.42. The highest BCUT2D eigenvalue weighted by atomic mass is 32.2. The van der Waals surface area contributed by atoms with Gasteiger partial charge >= 0.3 is 5.97 Å². The molecular weight excluding hydrogens is 1210 g/mol. The molecule has 4 aliphatic rings. The van der Waals surface area contributed by atoms with Crippen molar-refractivity contribution in [3.63, 3.8) is 0 Å². The van der Waals surface area contributed by atoms with Crippen molar-refractivity contribution in [2.24, 2.45) is 0 Å². The quantitative estimate of drug-likeness (QED) is 0.0318. The first-order chi connectivity index (χ1) is 40.2. The van der Waals surface area contributed by atoms with Gasteiger partial charge in [0.1, 0.15) is 64.2 Å². The number of aliphatic hydroxyl groups is 2. The van der Waals surface area contributed by atoms with E-state index in [0.29, 0.717) is 85.2 Å². The number of furan rings is 3. The monoisotopic (exact) mass is 1280 g/mol. The number of Topliss-reactive ketones (excluding diaryl/α,β-unsaturated/α-hetero) is 2. The van der Waals surface area contributed by atoms with Crippen molar-refractivity contribution < 1.29 is 90.6 Å². The Hall–Kier alpha value is -7.83. The van der Waals surface area contributed by atoms with Crippen LogP contribution < -0.4 is 0 Å². The van der Waals surface area contributed by atoms with Crippen molar-refractivity contribution in [3.8, 4) is 0 Å². The summed E-state index contributed by atoms with van der Waals surface area (Å²) in [5, 5.41) is 20.5. The fraction of sp³-hybridized carbons (Fsp3) is 0.391.